The first-order valence-electron chi connectivity index (χ1n) is 13.2. The van der Waals surface area contributed by atoms with Crippen LogP contribution < -0.4 is 5.32 Å². The summed E-state index contributed by atoms with van der Waals surface area (Å²) >= 11 is 1.73. The van der Waals surface area contributed by atoms with Crippen LogP contribution in [0.1, 0.15) is 17.3 Å². The molecule has 5 aromatic carbocycles. The van der Waals surface area contributed by atoms with Crippen molar-refractivity contribution in [3.8, 4) is 10.6 Å². The Morgan fingerprint density at radius 1 is 0.625 bits per heavy atom. The van der Waals surface area contributed by atoms with E-state index in [0.717, 1.165) is 50.0 Å². The van der Waals surface area contributed by atoms with Crippen LogP contribution in [0, 0.1) is 0 Å². The van der Waals surface area contributed by atoms with E-state index >= 15 is 0 Å². The van der Waals surface area contributed by atoms with Crippen LogP contribution in [0.4, 0.5) is 0 Å². The van der Waals surface area contributed by atoms with E-state index < -0.39 is 0 Å². The van der Waals surface area contributed by atoms with Crippen molar-refractivity contribution in [2.75, 3.05) is 0 Å². The molecule has 0 radical (unpaired) electrons. The lowest BCUT2D eigenvalue weighted by Gasteiger charge is -2.23. The summed E-state index contributed by atoms with van der Waals surface area (Å²) in [5.74, 6) is 1.54. The average Bonchev–Trinajstić information content (AvgIpc) is 3.59. The van der Waals surface area contributed by atoms with Crippen molar-refractivity contribution in [1.82, 2.24) is 14.9 Å². The van der Waals surface area contributed by atoms with Crippen LogP contribution in [0.3, 0.4) is 0 Å². The summed E-state index contributed by atoms with van der Waals surface area (Å²) in [5.41, 5.74) is 6.33. The Morgan fingerprint density at radius 2 is 1.30 bits per heavy atom. The largest absolute Gasteiger partial charge is 0.310 e. The van der Waals surface area contributed by atoms with Crippen molar-refractivity contribution in [1.29, 1.82) is 0 Å². The highest BCUT2D eigenvalue weighted by Crippen LogP contribution is 2.37. The van der Waals surface area contributed by atoms with Gasteiger partial charge in [0.25, 0.3) is 0 Å². The number of benzene rings is 5. The topological polar surface area (TPSA) is 54.6 Å². The fourth-order valence-electron chi connectivity index (χ4n) is 5.39. The zero-order chi connectivity index (χ0) is 26.5. The molecule has 0 saturated heterocycles. The van der Waals surface area contributed by atoms with Crippen molar-refractivity contribution in [3.05, 3.63) is 139 Å². The van der Waals surface area contributed by atoms with Gasteiger partial charge in [-0.25, -0.2) is 15.0 Å². The lowest BCUT2D eigenvalue weighted by atomic mass is 10.1. The minimum Gasteiger partial charge on any atom is -0.310 e. The molecule has 1 aliphatic rings. The van der Waals surface area contributed by atoms with Gasteiger partial charge in [-0.3, -0.25) is 4.57 Å². The minimum atomic E-state index is -0.364. The van der Waals surface area contributed by atoms with Gasteiger partial charge in [-0.1, -0.05) is 109 Å². The van der Waals surface area contributed by atoms with Crippen LogP contribution >= 0.6 is 11.3 Å². The summed E-state index contributed by atoms with van der Waals surface area (Å²) in [4.78, 5) is 15.2. The summed E-state index contributed by atoms with van der Waals surface area (Å²) in [6.07, 6.45) is -0.364. The Labute approximate surface area is 234 Å². The molecule has 5 nitrogen and oxygen atoms in total. The Bertz CT molecular complexity index is 2070. The highest BCUT2D eigenvalue weighted by Gasteiger charge is 2.24. The molecule has 0 aliphatic carbocycles. The predicted molar refractivity (Wildman–Crippen MR) is 166 cm³/mol. The Kier molecular flexibility index (Phi) is 5.31. The number of aliphatic imine (C=N–C) groups is 2. The predicted octanol–water partition coefficient (Wildman–Crippen LogP) is 8.02. The SMILES string of the molecule is c1ccc(C2=NC(c3ccccc3)N=C(n3c4ccccc4c4cc5sc(-c6ccccc6)nc5cc43)N2)cc1. The molecule has 7 aromatic rings. The highest BCUT2D eigenvalue weighted by atomic mass is 32.1. The second-order valence-corrected chi connectivity index (χ2v) is 10.8. The molecule has 190 valence electrons. The second kappa shape index (κ2) is 9.29. The van der Waals surface area contributed by atoms with Crippen molar-refractivity contribution in [3.63, 3.8) is 0 Å². The number of aromatic nitrogens is 2. The maximum absolute atomic E-state index is 5.17. The van der Waals surface area contributed by atoms with Crippen LogP contribution in [-0.4, -0.2) is 21.3 Å². The van der Waals surface area contributed by atoms with Crippen molar-refractivity contribution in [2.45, 2.75) is 6.17 Å². The number of nitrogens with zero attached hydrogens (tertiary/aromatic N) is 4. The van der Waals surface area contributed by atoms with Crippen LogP contribution in [0.25, 0.3) is 42.6 Å². The smallest absolute Gasteiger partial charge is 0.211 e. The molecule has 0 bridgehead atoms. The fraction of sp³-hybridized carbons (Fsp3) is 0.0294. The molecule has 1 N–H and O–H groups in total. The molecule has 0 spiro atoms. The van der Waals surface area contributed by atoms with E-state index in [1.54, 1.807) is 11.3 Å². The van der Waals surface area contributed by atoms with Gasteiger partial charge >= 0.3 is 0 Å². The number of amidine groups is 1. The third kappa shape index (κ3) is 3.81. The molecule has 6 heteroatoms. The van der Waals surface area contributed by atoms with Gasteiger partial charge in [0.15, 0.2) is 6.17 Å². The molecule has 0 saturated carbocycles. The van der Waals surface area contributed by atoms with Gasteiger partial charge in [-0.15, -0.1) is 11.3 Å². The molecule has 1 unspecified atom stereocenters. The number of nitrogens with one attached hydrogen (secondary N) is 1. The standard InChI is InChI=1S/C34H23N5S/c1-4-12-22(13-5-1)31-36-32(23-14-6-2-7-15-23)38-34(37-31)39-28-19-11-10-18-25(28)26-20-30-27(21-29(26)39)35-33(40-30)24-16-8-3-9-17-24/h1-21,31H,(H,36,37,38). The molecule has 40 heavy (non-hydrogen) atoms. The molecular weight excluding hydrogens is 510 g/mol. The van der Waals surface area contributed by atoms with E-state index in [1.165, 1.54) is 15.5 Å². The molecule has 0 amide bonds. The van der Waals surface area contributed by atoms with E-state index in [4.69, 9.17) is 15.0 Å². The second-order valence-electron chi connectivity index (χ2n) is 9.78. The molecule has 2 aromatic heterocycles. The summed E-state index contributed by atoms with van der Waals surface area (Å²) in [6, 6.07) is 43.9. The molecule has 0 fully saturated rings. The summed E-state index contributed by atoms with van der Waals surface area (Å²) in [7, 11) is 0. The summed E-state index contributed by atoms with van der Waals surface area (Å²) < 4.78 is 3.39. The molecule has 3 heterocycles. The zero-order valence-corrected chi connectivity index (χ0v) is 22.2. The monoisotopic (exact) mass is 533 g/mol. The number of hydrogen-bond acceptors (Lipinski definition) is 5. The fourth-order valence-corrected chi connectivity index (χ4v) is 6.38. The number of rotatable bonds is 3. The van der Waals surface area contributed by atoms with Crippen LogP contribution in [-0.2, 0) is 0 Å². The van der Waals surface area contributed by atoms with Gasteiger partial charge in [0.05, 0.1) is 21.3 Å². The van der Waals surface area contributed by atoms with Gasteiger partial charge in [0.2, 0.25) is 5.96 Å². The number of para-hydroxylation sites is 1. The van der Waals surface area contributed by atoms with E-state index in [-0.39, 0.29) is 6.17 Å². The van der Waals surface area contributed by atoms with Gasteiger partial charge in [0, 0.05) is 21.9 Å². The molecule has 1 atom stereocenters. The van der Waals surface area contributed by atoms with Crippen molar-refractivity contribution >= 4 is 55.2 Å². The minimum absolute atomic E-state index is 0.364. The summed E-state index contributed by atoms with van der Waals surface area (Å²) in [6.45, 7) is 0. The van der Waals surface area contributed by atoms with Crippen molar-refractivity contribution < 1.29 is 0 Å². The lowest BCUT2D eigenvalue weighted by molar-refractivity contribution is 0.745. The normalized spacial score (nSPS) is 15.2. The Morgan fingerprint density at radius 3 is 2.08 bits per heavy atom. The first-order valence-corrected chi connectivity index (χ1v) is 14.1. The van der Waals surface area contributed by atoms with Gasteiger partial charge in [-0.05, 0) is 23.8 Å². The highest BCUT2D eigenvalue weighted by molar-refractivity contribution is 7.21. The molecular formula is C34H23N5S. The first-order chi connectivity index (χ1) is 19.8. The maximum atomic E-state index is 5.17. The number of thiazole rings is 1. The van der Waals surface area contributed by atoms with Crippen molar-refractivity contribution in [2.24, 2.45) is 9.98 Å². The number of hydrogen-bond donors (Lipinski definition) is 1. The number of fused-ring (bicyclic) bond motifs is 4. The Hall–Kier alpha value is -5.07. The lowest BCUT2D eigenvalue weighted by Crippen LogP contribution is -2.39. The van der Waals surface area contributed by atoms with Crippen LogP contribution in [0.15, 0.2) is 137 Å². The van der Waals surface area contributed by atoms with E-state index in [1.807, 2.05) is 42.5 Å². The van der Waals surface area contributed by atoms with Gasteiger partial charge in [-0.2, -0.15) is 0 Å². The van der Waals surface area contributed by atoms with E-state index in [2.05, 4.69) is 94.8 Å². The third-order valence-electron chi connectivity index (χ3n) is 7.29. The van der Waals surface area contributed by atoms with Crippen LogP contribution in [0.5, 0.6) is 0 Å². The Balaban J connectivity index is 1.35. The van der Waals surface area contributed by atoms with Gasteiger partial charge < -0.3 is 5.32 Å². The molecule has 8 rings (SSSR count). The van der Waals surface area contributed by atoms with Crippen LogP contribution in [0.2, 0.25) is 0 Å². The van der Waals surface area contributed by atoms with E-state index in [0.29, 0.717) is 0 Å². The third-order valence-corrected chi connectivity index (χ3v) is 8.35. The quantitative estimate of drug-likeness (QED) is 0.250. The maximum Gasteiger partial charge on any atom is 0.211 e. The summed E-state index contributed by atoms with van der Waals surface area (Å²) in [5, 5.41) is 6.96. The zero-order valence-electron chi connectivity index (χ0n) is 21.4. The molecule has 1 aliphatic heterocycles. The van der Waals surface area contributed by atoms with E-state index in [9.17, 15) is 0 Å². The average molecular weight is 534 g/mol. The first kappa shape index (κ1) is 22.9. The van der Waals surface area contributed by atoms with Gasteiger partial charge in [0.1, 0.15) is 10.8 Å².